The molecule has 0 aromatic heterocycles. The Bertz CT molecular complexity index is 337. The summed E-state index contributed by atoms with van der Waals surface area (Å²) in [6.45, 7) is 0. The first-order valence-electron chi connectivity index (χ1n) is 4.14. The Morgan fingerprint density at radius 2 is 2.00 bits per heavy atom. The minimum atomic E-state index is -0.905. The lowest BCUT2D eigenvalue weighted by atomic mass is 10.3. The summed E-state index contributed by atoms with van der Waals surface area (Å²) >= 11 is 4.98. The van der Waals surface area contributed by atoms with Crippen LogP contribution in [-0.4, -0.2) is 23.1 Å². The number of nitrogens with zero attached hydrogens (tertiary/aromatic N) is 1. The zero-order valence-corrected chi connectivity index (χ0v) is 8.62. The van der Waals surface area contributed by atoms with Gasteiger partial charge in [-0.05, 0) is 12.1 Å². The van der Waals surface area contributed by atoms with Gasteiger partial charge < -0.3 is 10.0 Å². The van der Waals surface area contributed by atoms with Gasteiger partial charge >= 0.3 is 5.97 Å². The van der Waals surface area contributed by atoms with Crippen LogP contribution >= 0.6 is 12.2 Å². The van der Waals surface area contributed by atoms with E-state index in [4.69, 9.17) is 17.3 Å². The van der Waals surface area contributed by atoms with E-state index in [0.717, 1.165) is 5.69 Å². The zero-order chi connectivity index (χ0) is 10.6. The van der Waals surface area contributed by atoms with E-state index in [1.165, 1.54) is 0 Å². The molecule has 1 aromatic carbocycles. The van der Waals surface area contributed by atoms with E-state index in [-0.39, 0.29) is 6.42 Å². The van der Waals surface area contributed by atoms with Gasteiger partial charge in [0.1, 0.15) is 0 Å². The molecule has 4 heteroatoms. The molecule has 0 radical (unpaired) electrons. The van der Waals surface area contributed by atoms with Crippen LogP contribution in [0.2, 0.25) is 0 Å². The highest BCUT2D eigenvalue weighted by Gasteiger charge is 2.09. The summed E-state index contributed by atoms with van der Waals surface area (Å²) in [6, 6.07) is 9.43. The number of benzene rings is 1. The van der Waals surface area contributed by atoms with Gasteiger partial charge in [0, 0.05) is 12.7 Å². The summed E-state index contributed by atoms with van der Waals surface area (Å²) in [5.74, 6) is -0.905. The monoisotopic (exact) mass is 209 g/mol. The van der Waals surface area contributed by atoms with Gasteiger partial charge in [0.15, 0.2) is 0 Å². The number of aliphatic carboxylic acids is 1. The Hall–Kier alpha value is -1.42. The van der Waals surface area contributed by atoms with Crippen LogP contribution in [0.1, 0.15) is 6.42 Å². The van der Waals surface area contributed by atoms with Crippen LogP contribution in [0.25, 0.3) is 0 Å². The molecule has 14 heavy (non-hydrogen) atoms. The van der Waals surface area contributed by atoms with Crippen LogP contribution in [0.5, 0.6) is 0 Å². The molecule has 0 atom stereocenters. The van der Waals surface area contributed by atoms with Crippen molar-refractivity contribution in [2.75, 3.05) is 11.9 Å². The minimum absolute atomic E-state index is 0.110. The third kappa shape index (κ3) is 2.81. The molecule has 74 valence electrons. The van der Waals surface area contributed by atoms with Gasteiger partial charge in [-0.2, -0.15) is 0 Å². The number of hydrogen-bond donors (Lipinski definition) is 1. The highest BCUT2D eigenvalue weighted by molar-refractivity contribution is 7.80. The van der Waals surface area contributed by atoms with Gasteiger partial charge in [0.05, 0.1) is 11.4 Å². The molecule has 1 aromatic rings. The summed E-state index contributed by atoms with van der Waals surface area (Å²) in [6.07, 6.45) is -0.110. The number of hydrogen-bond acceptors (Lipinski definition) is 2. The molecule has 3 nitrogen and oxygen atoms in total. The second kappa shape index (κ2) is 4.72. The Morgan fingerprint density at radius 1 is 1.43 bits per heavy atom. The molecule has 0 bridgehead atoms. The topological polar surface area (TPSA) is 40.5 Å². The van der Waals surface area contributed by atoms with Crippen molar-refractivity contribution in [3.05, 3.63) is 30.3 Å². The van der Waals surface area contributed by atoms with Gasteiger partial charge in [0.2, 0.25) is 0 Å². The lowest BCUT2D eigenvalue weighted by Crippen LogP contribution is -2.26. The lowest BCUT2D eigenvalue weighted by molar-refractivity contribution is -0.135. The molecule has 0 amide bonds. The fourth-order valence-corrected chi connectivity index (χ4v) is 1.27. The van der Waals surface area contributed by atoms with Crippen LogP contribution in [0.4, 0.5) is 5.69 Å². The molecule has 0 heterocycles. The number of anilines is 1. The fourth-order valence-electron chi connectivity index (χ4n) is 1.04. The Balaban J connectivity index is 2.71. The third-order valence-electron chi connectivity index (χ3n) is 1.82. The molecule has 0 fully saturated rings. The average molecular weight is 209 g/mol. The molecule has 0 aliphatic heterocycles. The average Bonchev–Trinajstić information content (AvgIpc) is 2.17. The predicted molar refractivity (Wildman–Crippen MR) is 59.7 cm³/mol. The summed E-state index contributed by atoms with van der Waals surface area (Å²) in [5, 5.41) is 8.57. The van der Waals surface area contributed by atoms with Crippen LogP contribution in [-0.2, 0) is 4.79 Å². The summed E-state index contributed by atoms with van der Waals surface area (Å²) in [5.41, 5.74) is 0.902. The van der Waals surface area contributed by atoms with Crippen molar-refractivity contribution in [2.45, 2.75) is 6.42 Å². The van der Waals surface area contributed by atoms with Crippen molar-refractivity contribution in [2.24, 2.45) is 0 Å². The predicted octanol–water partition coefficient (Wildman–Crippen LogP) is 1.92. The van der Waals surface area contributed by atoms with Gasteiger partial charge in [-0.1, -0.05) is 30.4 Å². The molecule has 1 rings (SSSR count). The maximum Gasteiger partial charge on any atom is 0.310 e. The summed E-state index contributed by atoms with van der Waals surface area (Å²) in [4.78, 5) is 12.5. The third-order valence-corrected chi connectivity index (χ3v) is 2.24. The molecule has 0 saturated heterocycles. The Kier molecular flexibility index (Phi) is 3.59. The SMILES string of the molecule is CN(C(=S)CC(=O)O)c1ccccc1. The summed E-state index contributed by atoms with van der Waals surface area (Å²) in [7, 11) is 1.76. The molecule has 0 saturated carbocycles. The maximum atomic E-state index is 10.4. The van der Waals surface area contributed by atoms with E-state index in [1.54, 1.807) is 11.9 Å². The van der Waals surface area contributed by atoms with Crippen molar-refractivity contribution in [1.82, 2.24) is 0 Å². The largest absolute Gasteiger partial charge is 0.481 e. The lowest BCUT2D eigenvalue weighted by Gasteiger charge is -2.18. The van der Waals surface area contributed by atoms with E-state index in [2.05, 4.69) is 0 Å². The Labute approximate surface area is 88.0 Å². The van der Waals surface area contributed by atoms with Crippen molar-refractivity contribution in [1.29, 1.82) is 0 Å². The van der Waals surface area contributed by atoms with Crippen molar-refractivity contribution < 1.29 is 9.90 Å². The van der Waals surface area contributed by atoms with Crippen molar-refractivity contribution in [3.8, 4) is 0 Å². The van der Waals surface area contributed by atoms with Crippen molar-refractivity contribution in [3.63, 3.8) is 0 Å². The second-order valence-electron chi connectivity index (χ2n) is 2.86. The second-order valence-corrected chi connectivity index (χ2v) is 3.33. The van der Waals surface area contributed by atoms with Crippen LogP contribution < -0.4 is 4.90 Å². The molecular weight excluding hydrogens is 198 g/mol. The smallest absolute Gasteiger partial charge is 0.310 e. The first-order valence-corrected chi connectivity index (χ1v) is 4.55. The normalized spacial score (nSPS) is 9.50. The fraction of sp³-hybridized carbons (Fsp3) is 0.200. The molecule has 0 spiro atoms. The number of carbonyl (C=O) groups is 1. The van der Waals surface area contributed by atoms with Gasteiger partial charge in [-0.15, -0.1) is 0 Å². The van der Waals surface area contributed by atoms with E-state index < -0.39 is 5.97 Å². The van der Waals surface area contributed by atoms with E-state index in [9.17, 15) is 4.79 Å². The highest BCUT2D eigenvalue weighted by Crippen LogP contribution is 2.12. The number of thiocarbonyl (C=S) groups is 1. The molecule has 0 aliphatic rings. The van der Waals surface area contributed by atoms with Crippen LogP contribution in [0, 0.1) is 0 Å². The van der Waals surface area contributed by atoms with Crippen molar-refractivity contribution >= 4 is 28.9 Å². The minimum Gasteiger partial charge on any atom is -0.481 e. The van der Waals surface area contributed by atoms with Crippen LogP contribution in [0.15, 0.2) is 30.3 Å². The van der Waals surface area contributed by atoms with Gasteiger partial charge in [-0.25, -0.2) is 0 Å². The zero-order valence-electron chi connectivity index (χ0n) is 7.80. The first kappa shape index (κ1) is 10.7. The number of carboxylic acids is 1. The van der Waals surface area contributed by atoms with Crippen LogP contribution in [0.3, 0.4) is 0 Å². The van der Waals surface area contributed by atoms with Gasteiger partial charge in [-0.3, -0.25) is 4.79 Å². The molecule has 0 unspecified atom stereocenters. The maximum absolute atomic E-state index is 10.4. The number of rotatable bonds is 3. The molecule has 0 aliphatic carbocycles. The quantitative estimate of drug-likeness (QED) is 0.772. The molecule has 1 N–H and O–H groups in total. The van der Waals surface area contributed by atoms with Gasteiger partial charge in [0.25, 0.3) is 0 Å². The first-order chi connectivity index (χ1) is 6.61. The Morgan fingerprint density at radius 3 is 2.50 bits per heavy atom. The number of para-hydroxylation sites is 1. The van der Waals surface area contributed by atoms with E-state index in [0.29, 0.717) is 4.99 Å². The molecular formula is C10H11NO2S. The highest BCUT2D eigenvalue weighted by atomic mass is 32.1. The van der Waals surface area contributed by atoms with E-state index in [1.807, 2.05) is 30.3 Å². The summed E-state index contributed by atoms with van der Waals surface area (Å²) < 4.78 is 0. The standard InChI is InChI=1S/C10H11NO2S/c1-11(9(14)7-10(12)13)8-5-3-2-4-6-8/h2-6H,7H2,1H3,(H,12,13). The van der Waals surface area contributed by atoms with E-state index >= 15 is 0 Å². The number of carboxylic acid groups (broad SMARTS) is 1.